The van der Waals surface area contributed by atoms with E-state index in [0.29, 0.717) is 26.2 Å². The van der Waals surface area contributed by atoms with Gasteiger partial charge < -0.3 is 15.1 Å². The molecule has 2 amide bonds. The molecule has 0 saturated carbocycles. The lowest BCUT2D eigenvalue weighted by atomic mass is 9.87. The fourth-order valence-corrected chi connectivity index (χ4v) is 4.42. The Morgan fingerprint density at radius 3 is 2.41 bits per heavy atom. The number of thiazole rings is 1. The van der Waals surface area contributed by atoms with E-state index in [2.05, 4.69) is 48.1 Å². The van der Waals surface area contributed by atoms with Crippen molar-refractivity contribution in [3.63, 3.8) is 0 Å². The van der Waals surface area contributed by atoms with Crippen molar-refractivity contribution < 1.29 is 9.18 Å². The Labute approximate surface area is 174 Å². The molecule has 29 heavy (non-hydrogen) atoms. The average Bonchev–Trinajstić information content (AvgIpc) is 3.11. The van der Waals surface area contributed by atoms with E-state index in [1.54, 1.807) is 6.07 Å². The van der Waals surface area contributed by atoms with Gasteiger partial charge in [0, 0.05) is 31.9 Å². The maximum atomic E-state index is 13.4. The molecule has 0 aliphatic carbocycles. The molecule has 0 bridgehead atoms. The summed E-state index contributed by atoms with van der Waals surface area (Å²) in [5.74, 6) is -0.246. The number of aromatic nitrogens is 1. The standard InChI is InChI=1S/C22H25FN4OS/c1-22(2,3)15-4-7-17(8-5-15)24-20(28)26-10-12-27(13-11-26)21-25-18-9-6-16(23)14-19(18)29-21/h4-9,14H,10-13H2,1-3H3,(H,24,28). The first-order valence-electron chi connectivity index (χ1n) is 9.77. The average molecular weight is 413 g/mol. The van der Waals surface area contributed by atoms with Crippen molar-refractivity contribution in [2.75, 3.05) is 36.4 Å². The zero-order chi connectivity index (χ0) is 20.6. The van der Waals surface area contributed by atoms with E-state index in [4.69, 9.17) is 0 Å². The van der Waals surface area contributed by atoms with Gasteiger partial charge in [0.05, 0.1) is 10.2 Å². The molecule has 1 aromatic heterocycles. The monoisotopic (exact) mass is 412 g/mol. The first-order chi connectivity index (χ1) is 13.8. The van der Waals surface area contributed by atoms with Crippen LogP contribution in [0.1, 0.15) is 26.3 Å². The van der Waals surface area contributed by atoms with Gasteiger partial charge in [-0.2, -0.15) is 0 Å². The summed E-state index contributed by atoms with van der Waals surface area (Å²) in [6.45, 7) is 9.16. The SMILES string of the molecule is CC(C)(C)c1ccc(NC(=O)N2CCN(c3nc4ccc(F)cc4s3)CC2)cc1. The van der Waals surface area contributed by atoms with Gasteiger partial charge >= 0.3 is 6.03 Å². The van der Waals surface area contributed by atoms with Crippen LogP contribution in [0.15, 0.2) is 42.5 Å². The minimum atomic E-state index is -0.246. The van der Waals surface area contributed by atoms with Crippen LogP contribution in [0.2, 0.25) is 0 Å². The van der Waals surface area contributed by atoms with Crippen LogP contribution >= 0.6 is 11.3 Å². The molecular weight excluding hydrogens is 387 g/mol. The minimum Gasteiger partial charge on any atom is -0.345 e. The topological polar surface area (TPSA) is 48.5 Å². The van der Waals surface area contributed by atoms with Gasteiger partial charge in [-0.15, -0.1) is 0 Å². The summed E-state index contributed by atoms with van der Waals surface area (Å²) >= 11 is 1.49. The van der Waals surface area contributed by atoms with Gasteiger partial charge in [0.1, 0.15) is 5.82 Å². The number of halogens is 1. The molecule has 152 valence electrons. The quantitative estimate of drug-likeness (QED) is 0.638. The highest BCUT2D eigenvalue weighted by molar-refractivity contribution is 7.22. The van der Waals surface area contributed by atoms with Crippen LogP contribution in [-0.2, 0) is 5.41 Å². The van der Waals surface area contributed by atoms with Gasteiger partial charge in [0.15, 0.2) is 5.13 Å². The van der Waals surface area contributed by atoms with Crippen molar-refractivity contribution in [1.29, 1.82) is 0 Å². The molecule has 4 rings (SSSR count). The molecule has 3 aromatic rings. The Morgan fingerprint density at radius 2 is 1.76 bits per heavy atom. The highest BCUT2D eigenvalue weighted by Crippen LogP contribution is 2.30. The fraction of sp³-hybridized carbons (Fsp3) is 0.364. The van der Waals surface area contributed by atoms with Crippen molar-refractivity contribution >= 4 is 38.4 Å². The van der Waals surface area contributed by atoms with E-state index in [9.17, 15) is 9.18 Å². The molecule has 7 heteroatoms. The van der Waals surface area contributed by atoms with E-state index < -0.39 is 0 Å². The Bertz CT molecular complexity index is 1020. The number of benzene rings is 2. The van der Waals surface area contributed by atoms with Crippen molar-refractivity contribution in [1.82, 2.24) is 9.88 Å². The molecule has 1 saturated heterocycles. The molecule has 5 nitrogen and oxygen atoms in total. The number of hydrogen-bond donors (Lipinski definition) is 1. The van der Waals surface area contributed by atoms with Crippen molar-refractivity contribution in [2.45, 2.75) is 26.2 Å². The second-order valence-electron chi connectivity index (χ2n) is 8.34. The Kier molecular flexibility index (Phi) is 5.17. The lowest BCUT2D eigenvalue weighted by Gasteiger charge is -2.34. The second kappa shape index (κ2) is 7.63. The van der Waals surface area contributed by atoms with Crippen LogP contribution in [-0.4, -0.2) is 42.1 Å². The summed E-state index contributed by atoms with van der Waals surface area (Å²) < 4.78 is 14.2. The molecule has 2 aromatic carbocycles. The first-order valence-corrected chi connectivity index (χ1v) is 10.6. The van der Waals surface area contributed by atoms with Crippen LogP contribution in [0.4, 0.5) is 20.0 Å². The highest BCUT2D eigenvalue weighted by atomic mass is 32.1. The number of anilines is 2. The van der Waals surface area contributed by atoms with E-state index in [1.165, 1.54) is 29.0 Å². The third kappa shape index (κ3) is 4.34. The summed E-state index contributed by atoms with van der Waals surface area (Å²) in [4.78, 5) is 21.2. The number of piperazine rings is 1. The molecule has 1 fully saturated rings. The zero-order valence-electron chi connectivity index (χ0n) is 16.9. The summed E-state index contributed by atoms with van der Waals surface area (Å²) in [5.41, 5.74) is 2.94. The van der Waals surface area contributed by atoms with Crippen molar-refractivity contribution in [3.8, 4) is 0 Å². The number of nitrogens with zero attached hydrogens (tertiary/aromatic N) is 3. The van der Waals surface area contributed by atoms with E-state index >= 15 is 0 Å². The summed E-state index contributed by atoms with van der Waals surface area (Å²) in [7, 11) is 0. The molecule has 0 atom stereocenters. The van der Waals surface area contributed by atoms with Crippen LogP contribution < -0.4 is 10.2 Å². The molecule has 0 radical (unpaired) electrons. The fourth-order valence-electron chi connectivity index (χ4n) is 3.38. The largest absolute Gasteiger partial charge is 0.345 e. The number of carbonyl (C=O) groups is 1. The predicted molar refractivity (Wildman–Crippen MR) is 118 cm³/mol. The van der Waals surface area contributed by atoms with Gasteiger partial charge in [0.25, 0.3) is 0 Å². The van der Waals surface area contributed by atoms with Crippen molar-refractivity contribution in [2.24, 2.45) is 0 Å². The first kappa shape index (κ1) is 19.6. The highest BCUT2D eigenvalue weighted by Gasteiger charge is 2.23. The normalized spacial score (nSPS) is 15.0. The summed E-state index contributed by atoms with van der Waals surface area (Å²) in [6.07, 6.45) is 0. The van der Waals surface area contributed by atoms with Gasteiger partial charge in [-0.05, 0) is 41.3 Å². The molecule has 0 unspecified atom stereocenters. The van der Waals surface area contributed by atoms with Crippen LogP contribution in [0, 0.1) is 5.82 Å². The van der Waals surface area contributed by atoms with Gasteiger partial charge in [0.2, 0.25) is 0 Å². The molecule has 1 N–H and O–H groups in total. The Hall–Kier alpha value is -2.67. The van der Waals surface area contributed by atoms with E-state index in [1.807, 2.05) is 17.0 Å². The Morgan fingerprint density at radius 1 is 1.07 bits per heavy atom. The van der Waals surface area contributed by atoms with Gasteiger partial charge in [-0.3, -0.25) is 0 Å². The molecule has 2 heterocycles. The van der Waals surface area contributed by atoms with Crippen LogP contribution in [0.25, 0.3) is 10.2 Å². The maximum Gasteiger partial charge on any atom is 0.321 e. The lowest BCUT2D eigenvalue weighted by Crippen LogP contribution is -2.50. The van der Waals surface area contributed by atoms with Gasteiger partial charge in [-0.25, -0.2) is 14.2 Å². The summed E-state index contributed by atoms with van der Waals surface area (Å²) in [6, 6.07) is 12.6. The molecular formula is C22H25FN4OS. The predicted octanol–water partition coefficient (Wildman–Crippen LogP) is 5.09. The van der Waals surface area contributed by atoms with Crippen LogP contribution in [0.3, 0.4) is 0 Å². The molecule has 1 aliphatic rings. The number of nitrogens with one attached hydrogen (secondary N) is 1. The third-order valence-corrected chi connectivity index (χ3v) is 6.26. The number of hydrogen-bond acceptors (Lipinski definition) is 4. The molecule has 0 spiro atoms. The molecule has 1 aliphatic heterocycles. The number of fused-ring (bicyclic) bond motifs is 1. The lowest BCUT2D eigenvalue weighted by molar-refractivity contribution is 0.208. The minimum absolute atomic E-state index is 0.0838. The number of carbonyl (C=O) groups excluding carboxylic acids is 1. The van der Waals surface area contributed by atoms with E-state index in [-0.39, 0.29) is 17.3 Å². The second-order valence-corrected chi connectivity index (χ2v) is 9.35. The third-order valence-electron chi connectivity index (χ3n) is 5.18. The van der Waals surface area contributed by atoms with E-state index in [0.717, 1.165) is 21.0 Å². The zero-order valence-corrected chi connectivity index (χ0v) is 17.7. The maximum absolute atomic E-state index is 13.4. The number of amides is 2. The number of rotatable bonds is 2. The van der Waals surface area contributed by atoms with Crippen molar-refractivity contribution in [3.05, 3.63) is 53.8 Å². The smallest absolute Gasteiger partial charge is 0.321 e. The Balaban J connectivity index is 1.35. The summed E-state index contributed by atoms with van der Waals surface area (Å²) in [5, 5.41) is 3.86. The van der Waals surface area contributed by atoms with Crippen LogP contribution in [0.5, 0.6) is 0 Å². The number of urea groups is 1. The van der Waals surface area contributed by atoms with Gasteiger partial charge in [-0.1, -0.05) is 44.2 Å².